The Hall–Kier alpha value is -1.42. The Kier molecular flexibility index (Phi) is 3.19. The average Bonchev–Trinajstić information content (AvgIpc) is 2.16. The van der Waals surface area contributed by atoms with Crippen LogP contribution in [0.4, 0.5) is 0 Å². The van der Waals surface area contributed by atoms with E-state index < -0.39 is 11.6 Å². The zero-order valence-electron chi connectivity index (χ0n) is 7.97. The van der Waals surface area contributed by atoms with Crippen LogP contribution in [-0.2, 0) is 11.2 Å². The van der Waals surface area contributed by atoms with Crippen molar-refractivity contribution in [3.63, 3.8) is 0 Å². The van der Waals surface area contributed by atoms with Crippen molar-refractivity contribution in [3.8, 4) is 0 Å². The number of hydrogen-bond acceptors (Lipinski definition) is 3. The van der Waals surface area contributed by atoms with Crippen LogP contribution in [-0.4, -0.2) is 26.8 Å². The van der Waals surface area contributed by atoms with Gasteiger partial charge in [0, 0.05) is 12.4 Å². The maximum atomic E-state index is 10.6. The Bertz CT molecular complexity index is 308. The highest BCUT2D eigenvalue weighted by Gasteiger charge is 2.28. The van der Waals surface area contributed by atoms with Crippen LogP contribution in [0.5, 0.6) is 0 Å². The third-order valence-electron chi connectivity index (χ3n) is 2.08. The van der Waals surface area contributed by atoms with Gasteiger partial charge in [-0.25, -0.2) is 4.79 Å². The zero-order chi connectivity index (χ0) is 10.6. The number of carboxylic acid groups (broad SMARTS) is 1. The first-order valence-electron chi connectivity index (χ1n) is 4.37. The molecule has 1 unspecified atom stereocenters. The number of aromatic nitrogens is 1. The van der Waals surface area contributed by atoms with Crippen LogP contribution in [0.1, 0.15) is 18.9 Å². The molecule has 0 fully saturated rings. The molecule has 76 valence electrons. The number of aliphatic hydroxyl groups is 1. The van der Waals surface area contributed by atoms with Gasteiger partial charge in [-0.3, -0.25) is 4.98 Å². The Morgan fingerprint density at radius 2 is 2.36 bits per heavy atom. The summed E-state index contributed by atoms with van der Waals surface area (Å²) in [4.78, 5) is 14.5. The van der Waals surface area contributed by atoms with Gasteiger partial charge >= 0.3 is 5.97 Å². The van der Waals surface area contributed by atoms with E-state index in [2.05, 4.69) is 4.98 Å². The number of rotatable bonds is 4. The predicted octanol–water partition coefficient (Wildman–Crippen LogP) is 0.850. The van der Waals surface area contributed by atoms with Crippen LogP contribution in [0, 0.1) is 0 Å². The Balaban J connectivity index is 2.53. The van der Waals surface area contributed by atoms with Crippen LogP contribution < -0.4 is 0 Å². The van der Waals surface area contributed by atoms with Crippen LogP contribution >= 0.6 is 0 Å². The Labute approximate surface area is 82.2 Å². The molecule has 0 saturated carbocycles. The molecule has 14 heavy (non-hydrogen) atoms. The Morgan fingerprint density at radius 1 is 1.64 bits per heavy atom. The third kappa shape index (κ3) is 2.81. The largest absolute Gasteiger partial charge is 0.479 e. The van der Waals surface area contributed by atoms with Gasteiger partial charge in [-0.2, -0.15) is 0 Å². The zero-order valence-corrected chi connectivity index (χ0v) is 7.97. The van der Waals surface area contributed by atoms with Gasteiger partial charge < -0.3 is 10.2 Å². The van der Waals surface area contributed by atoms with Crippen molar-refractivity contribution in [1.29, 1.82) is 0 Å². The van der Waals surface area contributed by atoms with Gasteiger partial charge in [0.2, 0.25) is 0 Å². The van der Waals surface area contributed by atoms with E-state index in [9.17, 15) is 9.90 Å². The van der Waals surface area contributed by atoms with Crippen LogP contribution in [0.15, 0.2) is 24.5 Å². The first-order valence-corrected chi connectivity index (χ1v) is 4.37. The van der Waals surface area contributed by atoms with Crippen molar-refractivity contribution in [2.75, 3.05) is 0 Å². The lowest BCUT2D eigenvalue weighted by atomic mass is 9.98. The number of pyridine rings is 1. The molecule has 1 heterocycles. The van der Waals surface area contributed by atoms with Gasteiger partial charge in [0.05, 0.1) is 0 Å². The maximum absolute atomic E-state index is 10.6. The molecule has 4 nitrogen and oxygen atoms in total. The molecule has 0 aliphatic rings. The minimum absolute atomic E-state index is 0.189. The van der Waals surface area contributed by atoms with Gasteiger partial charge in [-0.1, -0.05) is 6.07 Å². The van der Waals surface area contributed by atoms with Crippen molar-refractivity contribution in [2.45, 2.75) is 25.4 Å². The molecule has 0 saturated heterocycles. The molecule has 4 heteroatoms. The summed E-state index contributed by atoms with van der Waals surface area (Å²) in [6.07, 6.45) is 4.01. The molecule has 0 bridgehead atoms. The molecule has 2 N–H and O–H groups in total. The first kappa shape index (κ1) is 10.7. The van der Waals surface area contributed by atoms with Gasteiger partial charge in [-0.05, 0) is 31.4 Å². The molecule has 1 atom stereocenters. The normalized spacial score (nSPS) is 14.7. The van der Waals surface area contributed by atoms with Crippen LogP contribution in [0.25, 0.3) is 0 Å². The van der Waals surface area contributed by atoms with Crippen molar-refractivity contribution in [1.82, 2.24) is 4.98 Å². The summed E-state index contributed by atoms with van der Waals surface area (Å²) in [6, 6.07) is 3.63. The minimum Gasteiger partial charge on any atom is -0.479 e. The lowest BCUT2D eigenvalue weighted by molar-refractivity contribution is -0.157. The highest BCUT2D eigenvalue weighted by molar-refractivity contribution is 5.76. The monoisotopic (exact) mass is 195 g/mol. The number of carboxylic acids is 1. The van der Waals surface area contributed by atoms with Crippen molar-refractivity contribution in [3.05, 3.63) is 30.1 Å². The molecular formula is C10H13NO3. The van der Waals surface area contributed by atoms with E-state index in [1.165, 1.54) is 6.92 Å². The van der Waals surface area contributed by atoms with E-state index in [1.54, 1.807) is 18.5 Å². The van der Waals surface area contributed by atoms with Crippen LogP contribution in [0.3, 0.4) is 0 Å². The lowest BCUT2D eigenvalue weighted by Crippen LogP contribution is -2.35. The fraction of sp³-hybridized carbons (Fsp3) is 0.400. The van der Waals surface area contributed by atoms with E-state index in [-0.39, 0.29) is 6.42 Å². The standard InChI is InChI=1S/C10H13NO3/c1-10(14,9(12)13)5-4-8-3-2-6-11-7-8/h2-3,6-7,14H,4-5H2,1H3,(H,12,13). The molecule has 0 amide bonds. The summed E-state index contributed by atoms with van der Waals surface area (Å²) in [5.74, 6) is -1.19. The highest BCUT2D eigenvalue weighted by atomic mass is 16.4. The summed E-state index contributed by atoms with van der Waals surface area (Å²) in [7, 11) is 0. The summed E-state index contributed by atoms with van der Waals surface area (Å²) in [5.41, 5.74) is -0.732. The molecule has 0 radical (unpaired) electrons. The Morgan fingerprint density at radius 3 is 2.86 bits per heavy atom. The fourth-order valence-corrected chi connectivity index (χ4v) is 1.04. The van der Waals surface area contributed by atoms with E-state index >= 15 is 0 Å². The van der Waals surface area contributed by atoms with Gasteiger partial charge in [-0.15, -0.1) is 0 Å². The molecule has 0 aromatic carbocycles. The van der Waals surface area contributed by atoms with E-state index in [1.807, 2.05) is 6.07 Å². The number of aliphatic carboxylic acids is 1. The number of aryl methyl sites for hydroxylation is 1. The van der Waals surface area contributed by atoms with Gasteiger partial charge in [0.1, 0.15) is 0 Å². The number of hydrogen-bond donors (Lipinski definition) is 2. The third-order valence-corrected chi connectivity index (χ3v) is 2.08. The van der Waals surface area contributed by atoms with Crippen LogP contribution in [0.2, 0.25) is 0 Å². The molecule has 1 aromatic rings. The van der Waals surface area contributed by atoms with Gasteiger partial charge in [0.15, 0.2) is 5.60 Å². The van der Waals surface area contributed by atoms with E-state index in [0.29, 0.717) is 6.42 Å². The lowest BCUT2D eigenvalue weighted by Gasteiger charge is -2.17. The quantitative estimate of drug-likeness (QED) is 0.747. The predicted molar refractivity (Wildman–Crippen MR) is 50.8 cm³/mol. The summed E-state index contributed by atoms with van der Waals surface area (Å²) in [6.45, 7) is 1.30. The SMILES string of the molecule is CC(O)(CCc1cccnc1)C(=O)O. The molecule has 1 rings (SSSR count). The van der Waals surface area contributed by atoms with E-state index in [4.69, 9.17) is 5.11 Å². The molecule has 0 aliphatic carbocycles. The van der Waals surface area contributed by atoms with Crippen molar-refractivity contribution >= 4 is 5.97 Å². The molecular weight excluding hydrogens is 182 g/mol. The second-order valence-electron chi connectivity index (χ2n) is 3.44. The fourth-order valence-electron chi connectivity index (χ4n) is 1.04. The summed E-state index contributed by atoms with van der Waals surface area (Å²) < 4.78 is 0. The average molecular weight is 195 g/mol. The molecule has 0 aliphatic heterocycles. The molecule has 0 spiro atoms. The first-order chi connectivity index (χ1) is 6.52. The number of carbonyl (C=O) groups is 1. The molecule has 1 aromatic heterocycles. The minimum atomic E-state index is -1.66. The van der Waals surface area contributed by atoms with E-state index in [0.717, 1.165) is 5.56 Å². The topological polar surface area (TPSA) is 70.4 Å². The van der Waals surface area contributed by atoms with Crippen molar-refractivity contribution < 1.29 is 15.0 Å². The smallest absolute Gasteiger partial charge is 0.335 e. The summed E-state index contributed by atoms with van der Waals surface area (Å²) in [5, 5.41) is 18.1. The second-order valence-corrected chi connectivity index (χ2v) is 3.44. The summed E-state index contributed by atoms with van der Waals surface area (Å²) >= 11 is 0. The maximum Gasteiger partial charge on any atom is 0.335 e. The highest BCUT2D eigenvalue weighted by Crippen LogP contribution is 2.13. The van der Waals surface area contributed by atoms with Crippen molar-refractivity contribution in [2.24, 2.45) is 0 Å². The second kappa shape index (κ2) is 4.19. The van der Waals surface area contributed by atoms with Gasteiger partial charge in [0.25, 0.3) is 0 Å². The number of nitrogens with zero attached hydrogens (tertiary/aromatic N) is 1.